The van der Waals surface area contributed by atoms with Crippen LogP contribution in [0.5, 0.6) is 0 Å². The van der Waals surface area contributed by atoms with E-state index < -0.39 is 0 Å². The van der Waals surface area contributed by atoms with Crippen LogP contribution in [-0.2, 0) is 5.75 Å². The van der Waals surface area contributed by atoms with E-state index in [-0.39, 0.29) is 11.9 Å². The zero-order chi connectivity index (χ0) is 19.2. The number of carbonyl (C=O) groups is 1. The van der Waals surface area contributed by atoms with Crippen molar-refractivity contribution in [2.24, 2.45) is 0 Å². The van der Waals surface area contributed by atoms with E-state index >= 15 is 0 Å². The minimum Gasteiger partial charge on any atom is -0.346 e. The summed E-state index contributed by atoms with van der Waals surface area (Å²) >= 11 is 13.5. The van der Waals surface area contributed by atoms with Gasteiger partial charge in [-0.2, -0.15) is 0 Å². The Hall–Kier alpha value is -1.94. The number of hydrogen-bond donors (Lipinski definition) is 1. The first-order chi connectivity index (χ1) is 13.0. The predicted octanol–water partition coefficient (Wildman–Crippen LogP) is 6.78. The van der Waals surface area contributed by atoms with Gasteiger partial charge >= 0.3 is 0 Å². The normalized spacial score (nSPS) is 11.8. The Balaban J connectivity index is 1.56. The average Bonchev–Trinajstić information content (AvgIpc) is 2.68. The van der Waals surface area contributed by atoms with E-state index in [0.717, 1.165) is 26.8 Å². The third kappa shape index (κ3) is 5.77. The lowest BCUT2D eigenvalue weighted by Crippen LogP contribution is -2.26. The van der Waals surface area contributed by atoms with Crippen molar-refractivity contribution in [3.8, 4) is 0 Å². The van der Waals surface area contributed by atoms with Crippen molar-refractivity contribution in [3.63, 3.8) is 0 Å². The maximum atomic E-state index is 12.5. The molecular weight excluding hydrogens is 397 g/mol. The highest BCUT2D eigenvalue weighted by Crippen LogP contribution is 2.24. The summed E-state index contributed by atoms with van der Waals surface area (Å²) in [5.41, 5.74) is 2.83. The highest BCUT2D eigenvalue weighted by atomic mass is 35.5. The maximum absolute atomic E-state index is 12.5. The summed E-state index contributed by atoms with van der Waals surface area (Å²) in [5, 5.41) is 4.44. The van der Waals surface area contributed by atoms with Crippen LogP contribution in [0, 0.1) is 0 Å². The van der Waals surface area contributed by atoms with Crippen LogP contribution >= 0.6 is 35.0 Å². The Bertz CT molecular complexity index is 893. The molecule has 0 aliphatic rings. The number of amides is 1. The SMILES string of the molecule is C[C@H](NC(=O)c1ccc(CSc2ccc(Cl)cc2)cc1)c1ccc(Cl)cc1. The lowest BCUT2D eigenvalue weighted by molar-refractivity contribution is 0.0940. The van der Waals surface area contributed by atoms with Gasteiger partial charge in [0.15, 0.2) is 0 Å². The third-order valence-corrected chi connectivity index (χ3v) is 5.74. The molecule has 0 aliphatic heterocycles. The summed E-state index contributed by atoms with van der Waals surface area (Å²) in [6.07, 6.45) is 0. The summed E-state index contributed by atoms with van der Waals surface area (Å²) in [5.74, 6) is 0.749. The molecule has 27 heavy (non-hydrogen) atoms. The lowest BCUT2D eigenvalue weighted by Gasteiger charge is -2.14. The monoisotopic (exact) mass is 415 g/mol. The minimum atomic E-state index is -0.0886. The van der Waals surface area contributed by atoms with Crippen LogP contribution in [0.3, 0.4) is 0 Å². The van der Waals surface area contributed by atoms with Gasteiger partial charge < -0.3 is 5.32 Å². The predicted molar refractivity (Wildman–Crippen MR) is 115 cm³/mol. The molecule has 0 aromatic heterocycles. The Morgan fingerprint density at radius 2 is 1.44 bits per heavy atom. The Labute approximate surface area is 173 Å². The first-order valence-electron chi connectivity index (χ1n) is 8.55. The Morgan fingerprint density at radius 3 is 2.04 bits per heavy atom. The molecule has 0 aliphatic carbocycles. The second-order valence-corrected chi connectivity index (χ2v) is 8.11. The van der Waals surface area contributed by atoms with Gasteiger partial charge in [-0.25, -0.2) is 0 Å². The van der Waals surface area contributed by atoms with Crippen LogP contribution in [-0.4, -0.2) is 5.91 Å². The van der Waals surface area contributed by atoms with Crippen molar-refractivity contribution < 1.29 is 4.79 Å². The van der Waals surface area contributed by atoms with E-state index in [2.05, 4.69) is 5.32 Å². The van der Waals surface area contributed by atoms with Gasteiger partial charge in [-0.3, -0.25) is 4.79 Å². The van der Waals surface area contributed by atoms with Crippen molar-refractivity contribution in [2.45, 2.75) is 23.6 Å². The maximum Gasteiger partial charge on any atom is 0.251 e. The number of rotatable bonds is 6. The fraction of sp³-hybridized carbons (Fsp3) is 0.136. The topological polar surface area (TPSA) is 29.1 Å². The van der Waals surface area contributed by atoms with Gasteiger partial charge in [0.1, 0.15) is 0 Å². The molecule has 0 unspecified atom stereocenters. The van der Waals surface area contributed by atoms with Gasteiger partial charge in [0, 0.05) is 26.3 Å². The van der Waals surface area contributed by atoms with E-state index in [9.17, 15) is 4.79 Å². The second-order valence-electron chi connectivity index (χ2n) is 6.19. The Morgan fingerprint density at radius 1 is 0.889 bits per heavy atom. The molecule has 138 valence electrons. The Kier molecular flexibility index (Phi) is 6.84. The summed E-state index contributed by atoms with van der Waals surface area (Å²) < 4.78 is 0. The van der Waals surface area contributed by atoms with Gasteiger partial charge in [0.05, 0.1) is 6.04 Å². The van der Waals surface area contributed by atoms with Gasteiger partial charge in [-0.1, -0.05) is 47.5 Å². The minimum absolute atomic E-state index is 0.0881. The average molecular weight is 416 g/mol. The number of thioether (sulfide) groups is 1. The third-order valence-electron chi connectivity index (χ3n) is 4.15. The number of benzene rings is 3. The molecule has 0 bridgehead atoms. The largest absolute Gasteiger partial charge is 0.346 e. The van der Waals surface area contributed by atoms with Gasteiger partial charge in [0.25, 0.3) is 5.91 Å². The highest BCUT2D eigenvalue weighted by Gasteiger charge is 2.11. The molecule has 0 spiro atoms. The molecule has 1 atom stereocenters. The van der Waals surface area contributed by atoms with E-state index in [1.807, 2.05) is 79.7 Å². The molecule has 0 saturated heterocycles. The fourth-order valence-electron chi connectivity index (χ4n) is 2.56. The molecular formula is C22H19Cl2NOS. The van der Waals surface area contributed by atoms with Crippen molar-refractivity contribution in [2.75, 3.05) is 0 Å². The van der Waals surface area contributed by atoms with Crippen LogP contribution in [0.1, 0.15) is 34.5 Å². The summed E-state index contributed by atoms with van der Waals surface area (Å²) in [7, 11) is 0. The van der Waals surface area contributed by atoms with Crippen LogP contribution in [0.4, 0.5) is 0 Å². The first-order valence-corrected chi connectivity index (χ1v) is 10.3. The first kappa shape index (κ1) is 19.8. The van der Waals surface area contributed by atoms with E-state index in [1.54, 1.807) is 11.8 Å². The van der Waals surface area contributed by atoms with Crippen LogP contribution < -0.4 is 5.32 Å². The fourth-order valence-corrected chi connectivity index (χ4v) is 3.67. The van der Waals surface area contributed by atoms with E-state index in [0.29, 0.717) is 10.6 Å². The molecule has 0 fully saturated rings. The molecule has 0 saturated carbocycles. The molecule has 0 radical (unpaired) electrons. The highest BCUT2D eigenvalue weighted by molar-refractivity contribution is 7.98. The molecule has 0 heterocycles. The summed E-state index contributed by atoms with van der Waals surface area (Å²) in [6.45, 7) is 1.96. The van der Waals surface area contributed by atoms with Crippen LogP contribution in [0.25, 0.3) is 0 Å². The molecule has 1 N–H and O–H groups in total. The molecule has 1 amide bonds. The van der Waals surface area contributed by atoms with E-state index in [1.165, 1.54) is 0 Å². The van der Waals surface area contributed by atoms with Gasteiger partial charge in [0.2, 0.25) is 0 Å². The van der Waals surface area contributed by atoms with Gasteiger partial charge in [-0.15, -0.1) is 11.8 Å². The molecule has 5 heteroatoms. The van der Waals surface area contributed by atoms with Gasteiger partial charge in [-0.05, 0) is 66.6 Å². The van der Waals surface area contributed by atoms with Crippen molar-refractivity contribution >= 4 is 40.9 Å². The van der Waals surface area contributed by atoms with Crippen molar-refractivity contribution in [3.05, 3.63) is 99.5 Å². The lowest BCUT2D eigenvalue weighted by atomic mass is 10.1. The quantitative estimate of drug-likeness (QED) is 0.449. The van der Waals surface area contributed by atoms with E-state index in [4.69, 9.17) is 23.2 Å². The summed E-state index contributed by atoms with van der Waals surface area (Å²) in [4.78, 5) is 13.6. The zero-order valence-corrected chi connectivity index (χ0v) is 17.1. The number of nitrogens with one attached hydrogen (secondary N) is 1. The number of halogens is 2. The summed E-state index contributed by atoms with van der Waals surface area (Å²) in [6, 6.07) is 22.9. The van der Waals surface area contributed by atoms with Crippen molar-refractivity contribution in [1.82, 2.24) is 5.32 Å². The molecule has 3 aromatic carbocycles. The molecule has 3 rings (SSSR count). The number of carbonyl (C=O) groups excluding carboxylic acids is 1. The standard InChI is InChI=1S/C22H19Cl2NOS/c1-15(17-6-8-19(23)9-7-17)25-22(26)18-4-2-16(3-5-18)14-27-21-12-10-20(24)11-13-21/h2-13,15H,14H2,1H3,(H,25,26)/t15-/m0/s1. The smallest absolute Gasteiger partial charge is 0.251 e. The van der Waals surface area contributed by atoms with Crippen molar-refractivity contribution in [1.29, 1.82) is 0 Å². The molecule has 2 nitrogen and oxygen atoms in total. The van der Waals surface area contributed by atoms with Crippen LogP contribution in [0.15, 0.2) is 77.7 Å². The number of hydrogen-bond acceptors (Lipinski definition) is 2. The van der Waals surface area contributed by atoms with Crippen LogP contribution in [0.2, 0.25) is 10.0 Å². The second kappa shape index (κ2) is 9.32. The molecule has 3 aromatic rings. The zero-order valence-electron chi connectivity index (χ0n) is 14.8.